The summed E-state index contributed by atoms with van der Waals surface area (Å²) in [5.41, 5.74) is 0.423. The van der Waals surface area contributed by atoms with E-state index in [9.17, 15) is 9.50 Å². The molecule has 2 unspecified atom stereocenters. The first-order valence-corrected chi connectivity index (χ1v) is 8.22. The van der Waals surface area contributed by atoms with Crippen molar-refractivity contribution < 1.29 is 9.50 Å². The average molecular weight is 293 g/mol. The Morgan fingerprint density at radius 1 is 1.24 bits per heavy atom. The van der Waals surface area contributed by atoms with Gasteiger partial charge in [-0.25, -0.2) is 4.39 Å². The quantitative estimate of drug-likeness (QED) is 0.886. The fourth-order valence-corrected chi connectivity index (χ4v) is 3.28. The van der Waals surface area contributed by atoms with Gasteiger partial charge < -0.3 is 10.0 Å². The van der Waals surface area contributed by atoms with Crippen LogP contribution >= 0.6 is 0 Å². The van der Waals surface area contributed by atoms with Gasteiger partial charge in [0.1, 0.15) is 5.82 Å². The molecule has 1 N–H and O–H groups in total. The maximum Gasteiger partial charge on any atom is 0.128 e. The molecule has 0 aromatic heterocycles. The minimum Gasteiger partial charge on any atom is -0.388 e. The van der Waals surface area contributed by atoms with Crippen molar-refractivity contribution in [2.45, 2.75) is 45.6 Å². The van der Waals surface area contributed by atoms with Gasteiger partial charge in [0.2, 0.25) is 0 Å². The summed E-state index contributed by atoms with van der Waals surface area (Å²) in [7, 11) is 0. The predicted octanol–water partition coefficient (Wildman–Crippen LogP) is 4.01. The molecule has 1 fully saturated rings. The van der Waals surface area contributed by atoms with Crippen LogP contribution in [0.3, 0.4) is 0 Å². The number of likely N-dealkylation sites (tertiary alicyclic amines) is 1. The Hall–Kier alpha value is -0.930. The number of hydrogen-bond acceptors (Lipinski definition) is 2. The summed E-state index contributed by atoms with van der Waals surface area (Å²) in [4.78, 5) is 2.42. The zero-order chi connectivity index (χ0) is 15.2. The van der Waals surface area contributed by atoms with E-state index < -0.39 is 6.10 Å². The number of nitrogens with zero attached hydrogens (tertiary/aromatic N) is 1. The van der Waals surface area contributed by atoms with Gasteiger partial charge in [-0.2, -0.15) is 0 Å². The minimum atomic E-state index is -0.699. The molecule has 1 aromatic carbocycles. The molecule has 0 radical (unpaired) electrons. The van der Waals surface area contributed by atoms with Crippen LogP contribution in [-0.4, -0.2) is 29.6 Å². The van der Waals surface area contributed by atoms with Gasteiger partial charge in [-0.1, -0.05) is 32.0 Å². The summed E-state index contributed by atoms with van der Waals surface area (Å²) in [5.74, 6) is 1.28. The molecule has 0 amide bonds. The summed E-state index contributed by atoms with van der Waals surface area (Å²) in [6.07, 6.45) is 3.69. The number of aliphatic hydroxyl groups excluding tert-OH is 1. The van der Waals surface area contributed by atoms with Gasteiger partial charge in [0.15, 0.2) is 0 Å². The summed E-state index contributed by atoms with van der Waals surface area (Å²) >= 11 is 0. The van der Waals surface area contributed by atoms with E-state index in [2.05, 4.69) is 18.7 Å². The van der Waals surface area contributed by atoms with Crippen molar-refractivity contribution in [3.05, 3.63) is 35.6 Å². The monoisotopic (exact) mass is 293 g/mol. The van der Waals surface area contributed by atoms with Crippen molar-refractivity contribution in [3.63, 3.8) is 0 Å². The maximum absolute atomic E-state index is 13.6. The molecule has 1 heterocycles. The normalized spacial score (nSPS) is 22.2. The van der Waals surface area contributed by atoms with Crippen molar-refractivity contribution in [1.82, 2.24) is 4.90 Å². The van der Waals surface area contributed by atoms with Gasteiger partial charge in [-0.15, -0.1) is 0 Å². The second kappa shape index (κ2) is 7.90. The summed E-state index contributed by atoms with van der Waals surface area (Å²) in [6.45, 7) is 7.67. The van der Waals surface area contributed by atoms with Crippen molar-refractivity contribution in [3.8, 4) is 0 Å². The van der Waals surface area contributed by atoms with Crippen LogP contribution in [0.1, 0.15) is 51.2 Å². The first kappa shape index (κ1) is 16.4. The molecule has 1 aliphatic heterocycles. The summed E-state index contributed by atoms with van der Waals surface area (Å²) < 4.78 is 13.6. The SMILES string of the molecule is CC(C)C1CCCN(CCC(O)c2ccccc2F)CC1. The molecule has 0 saturated carbocycles. The molecule has 0 spiro atoms. The number of aliphatic hydroxyl groups is 1. The average Bonchev–Trinajstić information content (AvgIpc) is 2.71. The van der Waals surface area contributed by atoms with Crippen LogP contribution in [0.15, 0.2) is 24.3 Å². The van der Waals surface area contributed by atoms with Crippen LogP contribution in [-0.2, 0) is 0 Å². The van der Waals surface area contributed by atoms with Crippen molar-refractivity contribution >= 4 is 0 Å². The van der Waals surface area contributed by atoms with Gasteiger partial charge in [-0.05, 0) is 56.7 Å². The predicted molar refractivity (Wildman–Crippen MR) is 84.6 cm³/mol. The zero-order valence-electron chi connectivity index (χ0n) is 13.3. The third-order valence-electron chi connectivity index (χ3n) is 4.79. The fourth-order valence-electron chi connectivity index (χ4n) is 3.28. The zero-order valence-corrected chi connectivity index (χ0v) is 13.3. The van der Waals surface area contributed by atoms with Crippen LogP contribution in [0.5, 0.6) is 0 Å². The Labute approximate surface area is 128 Å². The minimum absolute atomic E-state index is 0.305. The van der Waals surface area contributed by atoms with Gasteiger partial charge in [-0.3, -0.25) is 0 Å². The molecule has 118 valence electrons. The van der Waals surface area contributed by atoms with Crippen LogP contribution < -0.4 is 0 Å². The Bertz CT molecular complexity index is 435. The molecule has 1 aliphatic rings. The lowest BCUT2D eigenvalue weighted by Crippen LogP contribution is -2.27. The van der Waals surface area contributed by atoms with Gasteiger partial charge in [0.25, 0.3) is 0 Å². The second-order valence-corrected chi connectivity index (χ2v) is 6.60. The first-order chi connectivity index (χ1) is 10.1. The molecular formula is C18H28FNO. The van der Waals surface area contributed by atoms with Crippen molar-refractivity contribution in [2.24, 2.45) is 11.8 Å². The maximum atomic E-state index is 13.6. The van der Waals surface area contributed by atoms with E-state index >= 15 is 0 Å². The highest BCUT2D eigenvalue weighted by atomic mass is 19.1. The number of hydrogen-bond donors (Lipinski definition) is 1. The molecule has 2 rings (SSSR count). The lowest BCUT2D eigenvalue weighted by molar-refractivity contribution is 0.138. The highest BCUT2D eigenvalue weighted by Crippen LogP contribution is 2.25. The third-order valence-corrected chi connectivity index (χ3v) is 4.79. The van der Waals surface area contributed by atoms with E-state index in [1.54, 1.807) is 18.2 Å². The largest absolute Gasteiger partial charge is 0.388 e. The molecule has 2 nitrogen and oxygen atoms in total. The smallest absolute Gasteiger partial charge is 0.128 e. The summed E-state index contributed by atoms with van der Waals surface area (Å²) in [6, 6.07) is 6.53. The van der Waals surface area contributed by atoms with E-state index in [4.69, 9.17) is 0 Å². The number of benzene rings is 1. The van der Waals surface area contributed by atoms with Gasteiger partial charge in [0, 0.05) is 12.1 Å². The van der Waals surface area contributed by atoms with E-state index in [0.717, 1.165) is 31.5 Å². The molecule has 1 aromatic rings. The molecule has 0 aliphatic carbocycles. The standard InChI is InChI=1S/C18H28FNO/c1-14(2)15-6-5-11-20(12-9-15)13-10-18(21)16-7-3-4-8-17(16)19/h3-4,7-8,14-15,18,21H,5-6,9-13H2,1-2H3. The Morgan fingerprint density at radius 3 is 2.71 bits per heavy atom. The van der Waals surface area contributed by atoms with Crippen molar-refractivity contribution in [1.29, 1.82) is 0 Å². The highest BCUT2D eigenvalue weighted by molar-refractivity contribution is 5.19. The van der Waals surface area contributed by atoms with Crippen LogP contribution in [0.4, 0.5) is 4.39 Å². The molecule has 21 heavy (non-hydrogen) atoms. The topological polar surface area (TPSA) is 23.5 Å². The Balaban J connectivity index is 1.82. The highest BCUT2D eigenvalue weighted by Gasteiger charge is 2.20. The second-order valence-electron chi connectivity index (χ2n) is 6.60. The Kier molecular flexibility index (Phi) is 6.19. The van der Waals surface area contributed by atoms with Crippen LogP contribution in [0.25, 0.3) is 0 Å². The molecule has 3 heteroatoms. The Morgan fingerprint density at radius 2 is 2.00 bits per heavy atom. The van der Waals surface area contributed by atoms with E-state index in [1.165, 1.54) is 25.3 Å². The molecular weight excluding hydrogens is 265 g/mol. The first-order valence-electron chi connectivity index (χ1n) is 8.22. The van der Waals surface area contributed by atoms with Crippen LogP contribution in [0.2, 0.25) is 0 Å². The number of rotatable bonds is 5. The van der Waals surface area contributed by atoms with Crippen LogP contribution in [0, 0.1) is 17.7 Å². The lowest BCUT2D eigenvalue weighted by atomic mass is 9.89. The lowest BCUT2D eigenvalue weighted by Gasteiger charge is -2.22. The van der Waals surface area contributed by atoms with E-state index in [0.29, 0.717) is 12.0 Å². The van der Waals surface area contributed by atoms with E-state index in [1.807, 2.05) is 0 Å². The molecule has 1 saturated heterocycles. The fraction of sp³-hybridized carbons (Fsp3) is 0.667. The van der Waals surface area contributed by atoms with Gasteiger partial charge in [0.05, 0.1) is 6.10 Å². The number of halogens is 1. The molecule has 0 bridgehead atoms. The summed E-state index contributed by atoms with van der Waals surface area (Å²) in [5, 5.41) is 10.2. The van der Waals surface area contributed by atoms with E-state index in [-0.39, 0.29) is 5.82 Å². The van der Waals surface area contributed by atoms with Gasteiger partial charge >= 0.3 is 0 Å². The van der Waals surface area contributed by atoms with Crippen molar-refractivity contribution in [2.75, 3.05) is 19.6 Å². The third kappa shape index (κ3) is 4.79. The molecule has 2 atom stereocenters.